The van der Waals surface area contributed by atoms with Gasteiger partial charge in [0.2, 0.25) is 10.0 Å². The second-order valence-corrected chi connectivity index (χ2v) is 13.1. The number of thiazole rings is 1. The fourth-order valence-corrected chi connectivity index (χ4v) is 7.56. The number of sulfonamides is 1. The van der Waals surface area contributed by atoms with E-state index >= 15 is 0 Å². The molecule has 1 fully saturated rings. The number of nitrogens with one attached hydrogen (secondary N) is 1. The number of rotatable bonds is 9. The number of hydrogen-bond donors (Lipinski definition) is 1. The van der Waals surface area contributed by atoms with Crippen LogP contribution in [-0.4, -0.2) is 69.1 Å². The maximum atomic E-state index is 12.9. The number of nitriles is 1. The summed E-state index contributed by atoms with van der Waals surface area (Å²) >= 11 is 1.60. The van der Waals surface area contributed by atoms with Gasteiger partial charge in [0.25, 0.3) is 0 Å². The van der Waals surface area contributed by atoms with Crippen LogP contribution in [0.5, 0.6) is 0 Å². The molecular weight excluding hydrogens is 520 g/mol. The zero-order chi connectivity index (χ0) is 26.7. The third-order valence-corrected chi connectivity index (χ3v) is 9.61. The quantitative estimate of drug-likeness (QED) is 0.498. The van der Waals surface area contributed by atoms with E-state index in [4.69, 9.17) is 9.47 Å². The minimum absolute atomic E-state index is 0.0522. The molecule has 0 amide bonds. The van der Waals surface area contributed by atoms with Crippen molar-refractivity contribution < 1.29 is 17.9 Å². The standard InChI is InChI=1S/C28H34N4O4S2/c1-19(2)36-26-9-6-20(16-21(26)17-29)28-30-18-27(37-28)24-5-3-4-23-22(24)7-8-25(23)31-38(33,34)15-12-32-10-13-35-14-11-32/h3-6,16,18-19,25-26,31H,7-15H2,1-2H3. The number of morpholine rings is 1. The van der Waals surface area contributed by atoms with E-state index in [2.05, 4.69) is 32.8 Å². The molecule has 1 aromatic carbocycles. The van der Waals surface area contributed by atoms with Crippen molar-refractivity contribution in [3.8, 4) is 16.5 Å². The van der Waals surface area contributed by atoms with E-state index in [1.54, 1.807) is 11.3 Å². The van der Waals surface area contributed by atoms with Crippen LogP contribution in [0.25, 0.3) is 16.0 Å². The molecule has 3 aliphatic rings. The first-order chi connectivity index (χ1) is 18.3. The number of allylic oxidation sites excluding steroid dienone is 2. The lowest BCUT2D eigenvalue weighted by Gasteiger charge is -2.26. The SMILES string of the molecule is CC(C)OC1CC=C(c2ncc(-c3cccc4c3CCC4NS(=O)(=O)CCN3CCOCC3)s2)C=C1C#N. The summed E-state index contributed by atoms with van der Waals surface area (Å²) in [5.74, 6) is 0.0904. The summed E-state index contributed by atoms with van der Waals surface area (Å²) in [4.78, 5) is 7.85. The summed E-state index contributed by atoms with van der Waals surface area (Å²) in [6.45, 7) is 7.33. The number of benzene rings is 1. The van der Waals surface area contributed by atoms with E-state index in [0.717, 1.165) is 52.5 Å². The van der Waals surface area contributed by atoms with Gasteiger partial charge in [-0.2, -0.15) is 5.26 Å². The molecule has 2 heterocycles. The van der Waals surface area contributed by atoms with Gasteiger partial charge in [-0.25, -0.2) is 18.1 Å². The second-order valence-electron chi connectivity index (χ2n) is 10.2. The summed E-state index contributed by atoms with van der Waals surface area (Å²) in [5, 5.41) is 10.5. The molecule has 0 radical (unpaired) electrons. The highest BCUT2D eigenvalue weighted by Crippen LogP contribution is 2.41. The first-order valence-corrected chi connectivity index (χ1v) is 15.7. The molecule has 2 aromatic rings. The average Bonchev–Trinajstić information content (AvgIpc) is 3.56. The molecule has 38 heavy (non-hydrogen) atoms. The van der Waals surface area contributed by atoms with Crippen LogP contribution in [0.3, 0.4) is 0 Å². The molecule has 10 heteroatoms. The summed E-state index contributed by atoms with van der Waals surface area (Å²) in [6, 6.07) is 8.19. The first-order valence-electron chi connectivity index (χ1n) is 13.2. The van der Waals surface area contributed by atoms with Crippen molar-refractivity contribution in [1.82, 2.24) is 14.6 Å². The fraction of sp³-hybridized carbons (Fsp3) is 0.500. The Balaban J connectivity index is 1.29. The van der Waals surface area contributed by atoms with Crippen molar-refractivity contribution in [2.45, 2.75) is 51.4 Å². The van der Waals surface area contributed by atoms with Gasteiger partial charge in [0.15, 0.2) is 0 Å². The molecule has 1 aliphatic heterocycles. The molecular formula is C28H34N4O4S2. The van der Waals surface area contributed by atoms with Gasteiger partial charge in [-0.05, 0) is 55.9 Å². The Labute approximate surface area is 229 Å². The van der Waals surface area contributed by atoms with Crippen LogP contribution in [0.4, 0.5) is 0 Å². The Morgan fingerprint density at radius 1 is 1.32 bits per heavy atom. The fourth-order valence-electron chi connectivity index (χ4n) is 5.28. The van der Waals surface area contributed by atoms with Crippen LogP contribution in [-0.2, 0) is 25.9 Å². The molecule has 2 atom stereocenters. The third kappa shape index (κ3) is 6.25. The topological polar surface area (TPSA) is 105 Å². The highest BCUT2D eigenvalue weighted by molar-refractivity contribution is 7.89. The Morgan fingerprint density at radius 2 is 2.13 bits per heavy atom. The van der Waals surface area contributed by atoms with Crippen LogP contribution >= 0.6 is 11.3 Å². The van der Waals surface area contributed by atoms with Gasteiger partial charge in [0, 0.05) is 37.4 Å². The number of ether oxygens (including phenoxy) is 2. The summed E-state index contributed by atoms with van der Waals surface area (Å²) in [5.41, 5.74) is 4.89. The Bertz CT molecular complexity index is 1370. The van der Waals surface area contributed by atoms with E-state index in [1.165, 1.54) is 5.56 Å². The van der Waals surface area contributed by atoms with E-state index in [1.807, 2.05) is 38.3 Å². The van der Waals surface area contributed by atoms with Crippen molar-refractivity contribution in [1.29, 1.82) is 5.26 Å². The van der Waals surface area contributed by atoms with Gasteiger partial charge in [0.1, 0.15) is 5.01 Å². The van der Waals surface area contributed by atoms with Gasteiger partial charge in [-0.1, -0.05) is 24.3 Å². The maximum Gasteiger partial charge on any atom is 0.213 e. The summed E-state index contributed by atoms with van der Waals surface area (Å²) in [7, 11) is -3.41. The maximum absolute atomic E-state index is 12.9. The Morgan fingerprint density at radius 3 is 2.89 bits per heavy atom. The lowest BCUT2D eigenvalue weighted by molar-refractivity contribution is 0.0327. The highest BCUT2D eigenvalue weighted by Gasteiger charge is 2.29. The molecule has 202 valence electrons. The van der Waals surface area contributed by atoms with Gasteiger partial charge in [-0.3, -0.25) is 4.90 Å². The van der Waals surface area contributed by atoms with Gasteiger partial charge in [-0.15, -0.1) is 11.3 Å². The largest absolute Gasteiger partial charge is 0.379 e. The minimum atomic E-state index is -3.41. The average molecular weight is 555 g/mol. The summed E-state index contributed by atoms with van der Waals surface area (Å²) < 4.78 is 40.0. The Hall–Kier alpha value is -2.39. The van der Waals surface area contributed by atoms with Crippen LogP contribution in [0, 0.1) is 11.3 Å². The zero-order valence-corrected chi connectivity index (χ0v) is 23.5. The number of fused-ring (bicyclic) bond motifs is 1. The molecule has 2 aliphatic carbocycles. The Kier molecular flexibility index (Phi) is 8.43. The molecule has 0 saturated carbocycles. The van der Waals surface area contributed by atoms with Crippen molar-refractivity contribution in [2.75, 3.05) is 38.6 Å². The molecule has 2 unspecified atom stereocenters. The van der Waals surface area contributed by atoms with Crippen molar-refractivity contribution in [2.24, 2.45) is 0 Å². The predicted octanol–water partition coefficient (Wildman–Crippen LogP) is 4.08. The number of hydrogen-bond acceptors (Lipinski definition) is 8. The monoisotopic (exact) mass is 554 g/mol. The van der Waals surface area contributed by atoms with Crippen molar-refractivity contribution in [3.63, 3.8) is 0 Å². The van der Waals surface area contributed by atoms with Crippen LogP contribution in [0.15, 0.2) is 42.1 Å². The molecule has 0 spiro atoms. The van der Waals surface area contributed by atoms with Gasteiger partial charge >= 0.3 is 0 Å². The molecule has 1 saturated heterocycles. The van der Waals surface area contributed by atoms with Crippen LogP contribution in [0.2, 0.25) is 0 Å². The second kappa shape index (κ2) is 11.8. The van der Waals surface area contributed by atoms with E-state index < -0.39 is 10.0 Å². The first kappa shape index (κ1) is 27.2. The van der Waals surface area contributed by atoms with Crippen molar-refractivity contribution >= 4 is 26.9 Å². The minimum Gasteiger partial charge on any atom is -0.379 e. The van der Waals surface area contributed by atoms with Crippen LogP contribution < -0.4 is 4.72 Å². The highest BCUT2D eigenvalue weighted by atomic mass is 32.2. The molecule has 8 nitrogen and oxygen atoms in total. The van der Waals surface area contributed by atoms with Crippen molar-refractivity contribution in [3.05, 3.63) is 58.3 Å². The van der Waals surface area contributed by atoms with Gasteiger partial charge in [0.05, 0.1) is 47.7 Å². The molecule has 1 N–H and O–H groups in total. The predicted molar refractivity (Wildman–Crippen MR) is 149 cm³/mol. The van der Waals surface area contributed by atoms with E-state index in [-0.39, 0.29) is 24.0 Å². The zero-order valence-electron chi connectivity index (χ0n) is 21.9. The number of aromatic nitrogens is 1. The van der Waals surface area contributed by atoms with E-state index in [9.17, 15) is 13.7 Å². The van der Waals surface area contributed by atoms with E-state index in [0.29, 0.717) is 31.8 Å². The van der Waals surface area contributed by atoms with Crippen LogP contribution in [0.1, 0.15) is 48.9 Å². The normalized spacial score (nSPS) is 22.2. The smallest absolute Gasteiger partial charge is 0.213 e. The number of nitrogens with zero attached hydrogens (tertiary/aromatic N) is 3. The molecule has 5 rings (SSSR count). The lowest BCUT2D eigenvalue weighted by atomic mass is 9.97. The molecule has 0 bridgehead atoms. The third-order valence-electron chi connectivity index (χ3n) is 7.17. The van der Waals surface area contributed by atoms with Gasteiger partial charge < -0.3 is 9.47 Å². The lowest BCUT2D eigenvalue weighted by Crippen LogP contribution is -2.41. The molecule has 1 aromatic heterocycles. The summed E-state index contributed by atoms with van der Waals surface area (Å²) in [6.07, 6.45) is 7.90.